The lowest BCUT2D eigenvalue weighted by atomic mass is 9.67. The molecule has 0 radical (unpaired) electrons. The van der Waals surface area contributed by atoms with E-state index >= 15 is 0 Å². The monoisotopic (exact) mass is 1020 g/mol. The third-order valence-electron chi connectivity index (χ3n) is 17.3. The number of benzene rings is 13. The minimum atomic E-state index is -0.442. The van der Waals surface area contributed by atoms with Crippen LogP contribution in [0.25, 0.3) is 136 Å². The van der Waals surface area contributed by atoms with Crippen molar-refractivity contribution in [1.82, 2.24) is 9.38 Å². The van der Waals surface area contributed by atoms with Crippen molar-refractivity contribution in [2.24, 2.45) is 0 Å². The van der Waals surface area contributed by atoms with E-state index in [1.807, 2.05) is 11.3 Å². The molecule has 0 saturated carbocycles. The van der Waals surface area contributed by atoms with Gasteiger partial charge in [-0.05, 0) is 146 Å². The van der Waals surface area contributed by atoms with Crippen molar-refractivity contribution in [3.8, 4) is 55.8 Å². The minimum Gasteiger partial charge on any atom is -0.291 e. The highest BCUT2D eigenvalue weighted by molar-refractivity contribution is 7.26. The van der Waals surface area contributed by atoms with Crippen molar-refractivity contribution in [2.75, 3.05) is 0 Å². The van der Waals surface area contributed by atoms with Crippen LogP contribution in [0, 0.1) is 0 Å². The van der Waals surface area contributed by atoms with Crippen LogP contribution in [0.4, 0.5) is 0 Å². The second-order valence-electron chi connectivity index (χ2n) is 21.3. The van der Waals surface area contributed by atoms with Crippen molar-refractivity contribution in [2.45, 2.75) is 5.41 Å². The maximum atomic E-state index is 5.61. The maximum Gasteiger partial charge on any atom is 0.156 e. The molecule has 0 bridgehead atoms. The van der Waals surface area contributed by atoms with Gasteiger partial charge < -0.3 is 0 Å². The summed E-state index contributed by atoms with van der Waals surface area (Å²) in [6, 6.07) is 104. The highest BCUT2D eigenvalue weighted by Crippen LogP contribution is 2.57. The molecule has 1 aliphatic carbocycles. The van der Waals surface area contributed by atoms with Crippen LogP contribution in [0.5, 0.6) is 0 Å². The quantitative estimate of drug-likeness (QED) is 0.152. The SMILES string of the molecule is c1ccc(C2(c3ccccc3)c3ccccc3-c3ccc(-c4ccc(-c5ccc(-c6ccc(-c7cc8c(sc9ccc%10ccccc%10c98)c8nc9c%10cc%11ccccc%11cc%10ccc9n78)cc6)c6ccccc56)cc4)cc32)cc1. The lowest BCUT2D eigenvalue weighted by Crippen LogP contribution is -2.28. The predicted octanol–water partition coefficient (Wildman–Crippen LogP) is 20.5. The Morgan fingerprint density at radius 1 is 0.329 bits per heavy atom. The molecule has 17 rings (SSSR count). The van der Waals surface area contributed by atoms with Gasteiger partial charge in [-0.3, -0.25) is 4.40 Å². The van der Waals surface area contributed by atoms with Crippen molar-refractivity contribution >= 4 is 91.3 Å². The third kappa shape index (κ3) is 6.48. The Labute approximate surface area is 460 Å². The standard InChI is InChI=1S/C76H46N2S/c1-3-18-56(19-4-1)76(57-20-5-2-6-21-57)67-26-14-13-25-63(67)64-38-35-54(45-68(64)76)47-27-29-49(30-28-47)58-39-40-59(62-24-12-11-23-61(58)62)50-31-33-51(34-32-50)70-46-66-72-60-22-10-9-15-48(60)37-42-71(72)79-74(66)75-77-73-65-44-53-17-8-7-16-52(53)43-55(65)36-41-69(73)78(70)75/h1-46H. The molecule has 0 N–H and O–H groups in total. The first-order valence-corrected chi connectivity index (χ1v) is 28.1. The zero-order valence-corrected chi connectivity index (χ0v) is 43.7. The first kappa shape index (κ1) is 44.2. The van der Waals surface area contributed by atoms with Crippen LogP contribution in [0.15, 0.2) is 279 Å². The molecule has 3 aromatic heterocycles. The summed E-state index contributed by atoms with van der Waals surface area (Å²) in [5.41, 5.74) is 20.0. The van der Waals surface area contributed by atoms with Crippen LogP contribution in [-0.4, -0.2) is 9.38 Å². The predicted molar refractivity (Wildman–Crippen MR) is 335 cm³/mol. The number of imidazole rings is 1. The zero-order valence-electron chi connectivity index (χ0n) is 42.9. The van der Waals surface area contributed by atoms with Gasteiger partial charge in [0.15, 0.2) is 5.65 Å². The van der Waals surface area contributed by atoms with Gasteiger partial charge in [-0.15, -0.1) is 11.3 Å². The summed E-state index contributed by atoms with van der Waals surface area (Å²) >= 11 is 1.85. The molecule has 1 aliphatic rings. The average molecular weight is 1020 g/mol. The lowest BCUT2D eigenvalue weighted by Gasteiger charge is -2.34. The van der Waals surface area contributed by atoms with Gasteiger partial charge >= 0.3 is 0 Å². The molecule has 0 atom stereocenters. The highest BCUT2D eigenvalue weighted by atomic mass is 32.1. The van der Waals surface area contributed by atoms with Gasteiger partial charge in [-0.1, -0.05) is 243 Å². The first-order chi connectivity index (χ1) is 39.2. The second kappa shape index (κ2) is 17.0. The Morgan fingerprint density at radius 2 is 0.873 bits per heavy atom. The number of pyridine rings is 1. The van der Waals surface area contributed by atoms with Gasteiger partial charge in [0.25, 0.3) is 0 Å². The van der Waals surface area contributed by atoms with Crippen LogP contribution in [-0.2, 0) is 5.41 Å². The average Bonchev–Trinajstić information content (AvgIpc) is 3.58. The molecule has 0 spiro atoms. The molecule has 366 valence electrons. The Bertz CT molecular complexity index is 5130. The number of nitrogens with zero attached hydrogens (tertiary/aromatic N) is 2. The lowest BCUT2D eigenvalue weighted by molar-refractivity contribution is 0.769. The van der Waals surface area contributed by atoms with Gasteiger partial charge in [0.05, 0.1) is 26.8 Å². The molecule has 0 saturated heterocycles. The first-order valence-electron chi connectivity index (χ1n) is 27.3. The number of fused-ring (bicyclic) bond motifs is 16. The number of rotatable bonds is 6. The molecule has 0 amide bonds. The van der Waals surface area contributed by atoms with E-state index in [0.717, 1.165) is 27.9 Å². The summed E-state index contributed by atoms with van der Waals surface area (Å²) in [6.45, 7) is 0. The topological polar surface area (TPSA) is 17.3 Å². The summed E-state index contributed by atoms with van der Waals surface area (Å²) in [6.07, 6.45) is 0. The van der Waals surface area contributed by atoms with Crippen molar-refractivity contribution in [3.05, 3.63) is 301 Å². The van der Waals surface area contributed by atoms with E-state index in [0.29, 0.717) is 0 Å². The Morgan fingerprint density at radius 3 is 1.58 bits per heavy atom. The summed E-state index contributed by atoms with van der Waals surface area (Å²) < 4.78 is 4.90. The summed E-state index contributed by atoms with van der Waals surface area (Å²) in [7, 11) is 0. The molecule has 3 heteroatoms. The molecule has 13 aromatic carbocycles. The smallest absolute Gasteiger partial charge is 0.156 e. The zero-order chi connectivity index (χ0) is 51.8. The van der Waals surface area contributed by atoms with Gasteiger partial charge in [-0.2, -0.15) is 0 Å². The van der Waals surface area contributed by atoms with E-state index in [-0.39, 0.29) is 0 Å². The molecular formula is C76H46N2S. The fourth-order valence-electron chi connectivity index (χ4n) is 13.7. The van der Waals surface area contributed by atoms with Crippen molar-refractivity contribution in [1.29, 1.82) is 0 Å². The second-order valence-corrected chi connectivity index (χ2v) is 22.4. The number of aromatic nitrogens is 2. The Hall–Kier alpha value is -9.93. The van der Waals surface area contributed by atoms with E-state index < -0.39 is 5.41 Å². The molecule has 2 nitrogen and oxygen atoms in total. The fraction of sp³-hybridized carbons (Fsp3) is 0.0132. The molecule has 0 unspecified atom stereocenters. The van der Waals surface area contributed by atoms with Crippen LogP contribution in [0.2, 0.25) is 0 Å². The van der Waals surface area contributed by atoms with Crippen LogP contribution >= 0.6 is 11.3 Å². The molecular weight excluding hydrogens is 973 g/mol. The molecule has 0 fully saturated rings. The molecule has 0 aliphatic heterocycles. The third-order valence-corrected chi connectivity index (χ3v) is 18.4. The van der Waals surface area contributed by atoms with Crippen molar-refractivity contribution < 1.29 is 0 Å². The minimum absolute atomic E-state index is 0.442. The Kier molecular flexibility index (Phi) is 9.54. The number of hydrogen-bond donors (Lipinski definition) is 0. The van der Waals surface area contributed by atoms with E-state index in [4.69, 9.17) is 4.98 Å². The molecule has 3 heterocycles. The van der Waals surface area contributed by atoms with Gasteiger partial charge in [0.2, 0.25) is 0 Å². The number of thiophene rings is 1. The molecule has 16 aromatic rings. The fourth-order valence-corrected chi connectivity index (χ4v) is 14.8. The highest BCUT2D eigenvalue weighted by Gasteiger charge is 2.46. The molecule has 79 heavy (non-hydrogen) atoms. The van der Waals surface area contributed by atoms with Gasteiger partial charge in [0, 0.05) is 20.9 Å². The normalized spacial score (nSPS) is 12.9. The Balaban J connectivity index is 0.764. The number of hydrogen-bond acceptors (Lipinski definition) is 2. The van der Waals surface area contributed by atoms with E-state index in [1.165, 1.54) is 130 Å². The summed E-state index contributed by atoms with van der Waals surface area (Å²) in [5.74, 6) is 0. The van der Waals surface area contributed by atoms with E-state index in [1.54, 1.807) is 0 Å². The van der Waals surface area contributed by atoms with Crippen LogP contribution in [0.1, 0.15) is 22.3 Å². The van der Waals surface area contributed by atoms with Crippen molar-refractivity contribution in [3.63, 3.8) is 0 Å². The van der Waals surface area contributed by atoms with Gasteiger partial charge in [-0.25, -0.2) is 4.98 Å². The van der Waals surface area contributed by atoms with Crippen LogP contribution in [0.3, 0.4) is 0 Å². The maximum absolute atomic E-state index is 5.61. The van der Waals surface area contributed by atoms with E-state index in [2.05, 4.69) is 283 Å². The summed E-state index contributed by atoms with van der Waals surface area (Å²) in [4.78, 5) is 5.61. The van der Waals surface area contributed by atoms with Gasteiger partial charge in [0.1, 0.15) is 0 Å². The summed E-state index contributed by atoms with van der Waals surface area (Å²) in [5, 5.41) is 12.4. The largest absolute Gasteiger partial charge is 0.291 e. The van der Waals surface area contributed by atoms with Crippen LogP contribution < -0.4 is 0 Å². The van der Waals surface area contributed by atoms with E-state index in [9.17, 15) is 0 Å².